The van der Waals surface area contributed by atoms with E-state index >= 15 is 0 Å². The Bertz CT molecular complexity index is 465. The van der Waals surface area contributed by atoms with Gasteiger partial charge in [0.25, 0.3) is 0 Å². The van der Waals surface area contributed by atoms with E-state index in [-0.39, 0.29) is 18.7 Å². The van der Waals surface area contributed by atoms with Crippen molar-refractivity contribution in [3.63, 3.8) is 0 Å². The number of nitrogens with one attached hydrogen (secondary N) is 1. The molecular formula is C14H19ClN2O2. The van der Waals surface area contributed by atoms with E-state index in [4.69, 9.17) is 16.7 Å². The first-order valence-electron chi connectivity index (χ1n) is 6.59. The zero-order valence-electron chi connectivity index (χ0n) is 11.0. The Morgan fingerprint density at radius 3 is 3.11 bits per heavy atom. The highest BCUT2D eigenvalue weighted by atomic mass is 35.5. The van der Waals surface area contributed by atoms with Gasteiger partial charge in [0.1, 0.15) is 0 Å². The van der Waals surface area contributed by atoms with E-state index < -0.39 is 0 Å². The van der Waals surface area contributed by atoms with E-state index in [1.807, 2.05) is 25.1 Å². The molecule has 2 rings (SSSR count). The number of fused-ring (bicyclic) bond motifs is 1. The van der Waals surface area contributed by atoms with Crippen molar-refractivity contribution in [3.05, 3.63) is 28.8 Å². The lowest BCUT2D eigenvalue weighted by molar-refractivity contribution is 0.240. The molecule has 104 valence electrons. The van der Waals surface area contributed by atoms with Crippen molar-refractivity contribution in [1.29, 1.82) is 0 Å². The van der Waals surface area contributed by atoms with Gasteiger partial charge >= 0.3 is 6.03 Å². The number of urea groups is 1. The highest BCUT2D eigenvalue weighted by Gasteiger charge is 2.25. The summed E-state index contributed by atoms with van der Waals surface area (Å²) in [6.45, 7) is 2.79. The molecule has 0 saturated heterocycles. The first-order chi connectivity index (χ1) is 9.11. The highest BCUT2D eigenvalue weighted by Crippen LogP contribution is 2.30. The Morgan fingerprint density at radius 2 is 2.37 bits per heavy atom. The molecule has 1 unspecified atom stereocenters. The fourth-order valence-electron chi connectivity index (χ4n) is 2.32. The summed E-state index contributed by atoms with van der Waals surface area (Å²) < 4.78 is 0. The van der Waals surface area contributed by atoms with Crippen LogP contribution in [0.4, 0.5) is 10.5 Å². The second-order valence-corrected chi connectivity index (χ2v) is 5.33. The number of benzene rings is 1. The Hall–Kier alpha value is -1.26. The summed E-state index contributed by atoms with van der Waals surface area (Å²) in [4.78, 5) is 13.9. The van der Waals surface area contributed by atoms with Crippen LogP contribution >= 0.6 is 11.6 Å². The quantitative estimate of drug-likeness (QED) is 0.892. The third-order valence-corrected chi connectivity index (χ3v) is 3.59. The minimum atomic E-state index is -0.0912. The van der Waals surface area contributed by atoms with Gasteiger partial charge in [-0.3, -0.25) is 4.90 Å². The lowest BCUT2D eigenvalue weighted by atomic mass is 10.2. The molecule has 0 bridgehead atoms. The summed E-state index contributed by atoms with van der Waals surface area (Å²) in [6, 6.07) is 5.63. The Kier molecular flexibility index (Phi) is 4.66. The molecule has 2 N–H and O–H groups in total. The zero-order valence-corrected chi connectivity index (χ0v) is 11.8. The molecule has 0 aliphatic carbocycles. The van der Waals surface area contributed by atoms with Gasteiger partial charge in [0, 0.05) is 24.2 Å². The predicted molar refractivity (Wildman–Crippen MR) is 76.8 cm³/mol. The average Bonchev–Trinajstić information content (AvgIpc) is 2.79. The normalized spacial score (nSPS) is 15.2. The number of carbonyl (C=O) groups is 1. The number of anilines is 1. The summed E-state index contributed by atoms with van der Waals surface area (Å²) in [5.41, 5.74) is 2.06. The van der Waals surface area contributed by atoms with E-state index in [9.17, 15) is 4.79 Å². The number of rotatable bonds is 4. The maximum atomic E-state index is 12.2. The minimum absolute atomic E-state index is 0.0582. The lowest BCUT2D eigenvalue weighted by Crippen LogP contribution is -2.43. The molecule has 0 spiro atoms. The van der Waals surface area contributed by atoms with Crippen molar-refractivity contribution >= 4 is 23.3 Å². The van der Waals surface area contributed by atoms with Gasteiger partial charge in [0.15, 0.2) is 0 Å². The van der Waals surface area contributed by atoms with Gasteiger partial charge in [0.05, 0.1) is 5.69 Å². The van der Waals surface area contributed by atoms with Crippen molar-refractivity contribution in [2.45, 2.75) is 32.2 Å². The monoisotopic (exact) mass is 282 g/mol. The van der Waals surface area contributed by atoms with Crippen molar-refractivity contribution in [1.82, 2.24) is 5.32 Å². The Morgan fingerprint density at radius 1 is 1.58 bits per heavy atom. The van der Waals surface area contributed by atoms with Crippen LogP contribution in [-0.2, 0) is 6.42 Å². The molecule has 0 radical (unpaired) electrons. The zero-order chi connectivity index (χ0) is 13.8. The van der Waals surface area contributed by atoms with Crippen LogP contribution in [0.2, 0.25) is 5.02 Å². The van der Waals surface area contributed by atoms with Crippen LogP contribution in [0.25, 0.3) is 0 Å². The second kappa shape index (κ2) is 6.26. The third kappa shape index (κ3) is 3.39. The minimum Gasteiger partial charge on any atom is -0.396 e. The van der Waals surface area contributed by atoms with Crippen LogP contribution in [-0.4, -0.2) is 30.3 Å². The molecule has 0 aromatic heterocycles. The number of halogens is 1. The van der Waals surface area contributed by atoms with Gasteiger partial charge in [-0.1, -0.05) is 17.7 Å². The number of hydrogen-bond acceptors (Lipinski definition) is 2. The molecule has 4 nitrogen and oxygen atoms in total. The Balaban J connectivity index is 2.00. The van der Waals surface area contributed by atoms with Crippen LogP contribution in [0.3, 0.4) is 0 Å². The molecule has 2 amide bonds. The number of aliphatic hydroxyl groups excluding tert-OH is 1. The molecule has 5 heteroatoms. The van der Waals surface area contributed by atoms with Crippen molar-refractivity contribution in [3.8, 4) is 0 Å². The van der Waals surface area contributed by atoms with E-state index in [0.717, 1.165) is 24.1 Å². The summed E-state index contributed by atoms with van der Waals surface area (Å²) in [5.74, 6) is 0. The third-order valence-electron chi connectivity index (χ3n) is 3.35. The molecular weight excluding hydrogens is 264 g/mol. The van der Waals surface area contributed by atoms with Crippen LogP contribution in [0.15, 0.2) is 18.2 Å². The standard InChI is InChI=1S/C14H19ClN2O2/c1-10(3-2-8-18)16-14(19)17-7-6-11-4-5-12(15)9-13(11)17/h4-5,9-10,18H,2-3,6-8H2,1H3,(H,16,19). The van der Waals surface area contributed by atoms with Gasteiger partial charge in [-0.2, -0.15) is 0 Å². The fraction of sp³-hybridized carbons (Fsp3) is 0.500. The topological polar surface area (TPSA) is 52.6 Å². The number of nitrogens with zero attached hydrogens (tertiary/aromatic N) is 1. The van der Waals surface area contributed by atoms with E-state index in [2.05, 4.69) is 5.32 Å². The van der Waals surface area contributed by atoms with Crippen molar-refractivity contribution in [2.75, 3.05) is 18.1 Å². The van der Waals surface area contributed by atoms with Crippen LogP contribution in [0, 0.1) is 0 Å². The molecule has 0 saturated carbocycles. The highest BCUT2D eigenvalue weighted by molar-refractivity contribution is 6.31. The molecule has 1 aromatic carbocycles. The summed E-state index contributed by atoms with van der Waals surface area (Å²) in [5, 5.41) is 12.4. The molecule has 1 aliphatic rings. The molecule has 1 aliphatic heterocycles. The van der Waals surface area contributed by atoms with E-state index in [1.165, 1.54) is 0 Å². The van der Waals surface area contributed by atoms with Crippen LogP contribution in [0.5, 0.6) is 0 Å². The second-order valence-electron chi connectivity index (χ2n) is 4.89. The SMILES string of the molecule is CC(CCCO)NC(=O)N1CCc2ccc(Cl)cc21. The first kappa shape index (κ1) is 14.2. The van der Waals surface area contributed by atoms with Gasteiger partial charge in [-0.25, -0.2) is 4.79 Å². The van der Waals surface area contributed by atoms with Gasteiger partial charge in [-0.05, 0) is 43.9 Å². The van der Waals surface area contributed by atoms with Crippen LogP contribution < -0.4 is 10.2 Å². The van der Waals surface area contributed by atoms with Crippen molar-refractivity contribution in [2.24, 2.45) is 0 Å². The lowest BCUT2D eigenvalue weighted by Gasteiger charge is -2.21. The largest absolute Gasteiger partial charge is 0.396 e. The molecule has 19 heavy (non-hydrogen) atoms. The van der Waals surface area contributed by atoms with Crippen molar-refractivity contribution < 1.29 is 9.90 Å². The average molecular weight is 283 g/mol. The molecule has 1 heterocycles. The van der Waals surface area contributed by atoms with Crippen LogP contribution in [0.1, 0.15) is 25.3 Å². The smallest absolute Gasteiger partial charge is 0.322 e. The predicted octanol–water partition coefficient (Wildman–Crippen LogP) is 2.57. The van der Waals surface area contributed by atoms with Gasteiger partial charge in [-0.15, -0.1) is 0 Å². The summed E-state index contributed by atoms with van der Waals surface area (Å²) in [6.07, 6.45) is 2.34. The van der Waals surface area contributed by atoms with E-state index in [0.29, 0.717) is 18.0 Å². The van der Waals surface area contributed by atoms with E-state index in [1.54, 1.807) is 4.90 Å². The maximum Gasteiger partial charge on any atom is 0.322 e. The number of carbonyl (C=O) groups excluding carboxylic acids is 1. The number of amides is 2. The van der Waals surface area contributed by atoms with Gasteiger partial charge < -0.3 is 10.4 Å². The molecule has 0 fully saturated rings. The first-order valence-corrected chi connectivity index (χ1v) is 6.97. The Labute approximate surface area is 118 Å². The summed E-state index contributed by atoms with van der Waals surface area (Å²) >= 11 is 5.98. The molecule has 1 atom stereocenters. The number of aliphatic hydroxyl groups is 1. The maximum absolute atomic E-state index is 12.2. The molecule has 1 aromatic rings. The number of hydrogen-bond donors (Lipinski definition) is 2. The summed E-state index contributed by atoms with van der Waals surface area (Å²) in [7, 11) is 0. The fourth-order valence-corrected chi connectivity index (χ4v) is 2.49. The van der Waals surface area contributed by atoms with Gasteiger partial charge in [0.2, 0.25) is 0 Å².